The smallest absolute Gasteiger partial charge is 0.328 e. The molecule has 1 N–H and O–H groups in total. The Balaban J connectivity index is 2.28. The third-order valence-corrected chi connectivity index (χ3v) is 3.04. The summed E-state index contributed by atoms with van der Waals surface area (Å²) in [4.78, 5) is 21.1. The number of anilines is 2. The molecule has 5 nitrogen and oxygen atoms in total. The summed E-state index contributed by atoms with van der Waals surface area (Å²) in [6.45, 7) is 4.82. The Morgan fingerprint density at radius 1 is 1.29 bits per heavy atom. The summed E-state index contributed by atoms with van der Waals surface area (Å²) in [6, 6.07) is 8.05. The van der Waals surface area contributed by atoms with Crippen molar-refractivity contribution < 1.29 is 9.90 Å². The summed E-state index contributed by atoms with van der Waals surface area (Å²) in [5.41, 5.74) is 2.87. The van der Waals surface area contributed by atoms with Gasteiger partial charge in [0, 0.05) is 36.3 Å². The molecule has 5 heteroatoms. The number of carboxylic acid groups (broad SMARTS) is 1. The molecule has 0 aliphatic heterocycles. The minimum Gasteiger partial charge on any atom is -0.478 e. The van der Waals surface area contributed by atoms with E-state index in [1.165, 1.54) is 6.08 Å². The second-order valence-corrected chi connectivity index (χ2v) is 4.52. The second-order valence-electron chi connectivity index (χ2n) is 4.52. The van der Waals surface area contributed by atoms with Gasteiger partial charge in [-0.1, -0.05) is 18.2 Å². The van der Waals surface area contributed by atoms with Crippen molar-refractivity contribution in [3.8, 4) is 0 Å². The van der Waals surface area contributed by atoms with Crippen molar-refractivity contribution in [1.29, 1.82) is 0 Å². The Hall–Kier alpha value is -2.69. The van der Waals surface area contributed by atoms with Crippen molar-refractivity contribution in [2.45, 2.75) is 13.8 Å². The van der Waals surface area contributed by atoms with Crippen LogP contribution in [0, 0.1) is 6.92 Å². The predicted molar refractivity (Wildman–Crippen MR) is 82.6 cm³/mol. The number of carboxylic acids is 1. The quantitative estimate of drug-likeness (QED) is 0.854. The highest BCUT2D eigenvalue weighted by atomic mass is 16.4. The molecule has 0 bridgehead atoms. The minimum atomic E-state index is -0.992. The molecule has 0 radical (unpaired) electrons. The zero-order valence-electron chi connectivity index (χ0n) is 12.0. The van der Waals surface area contributed by atoms with Crippen molar-refractivity contribution in [1.82, 2.24) is 9.97 Å². The number of benzene rings is 1. The van der Waals surface area contributed by atoms with E-state index < -0.39 is 5.97 Å². The van der Waals surface area contributed by atoms with Gasteiger partial charge in [0.05, 0.1) is 0 Å². The average Bonchev–Trinajstić information content (AvgIpc) is 2.49. The third kappa shape index (κ3) is 3.66. The second kappa shape index (κ2) is 6.65. The van der Waals surface area contributed by atoms with Crippen molar-refractivity contribution >= 4 is 23.7 Å². The van der Waals surface area contributed by atoms with Gasteiger partial charge >= 0.3 is 5.97 Å². The van der Waals surface area contributed by atoms with Gasteiger partial charge in [0.25, 0.3) is 0 Å². The average molecular weight is 283 g/mol. The van der Waals surface area contributed by atoms with Gasteiger partial charge in [0.1, 0.15) is 0 Å². The van der Waals surface area contributed by atoms with Crippen LogP contribution in [0.1, 0.15) is 18.1 Å². The van der Waals surface area contributed by atoms with Crippen LogP contribution in [-0.2, 0) is 4.79 Å². The number of para-hydroxylation sites is 1. The zero-order valence-corrected chi connectivity index (χ0v) is 12.0. The minimum absolute atomic E-state index is 0.597. The molecule has 1 aromatic carbocycles. The van der Waals surface area contributed by atoms with Crippen LogP contribution in [-0.4, -0.2) is 27.6 Å². The van der Waals surface area contributed by atoms with Crippen LogP contribution in [0.15, 0.2) is 42.7 Å². The van der Waals surface area contributed by atoms with E-state index in [-0.39, 0.29) is 0 Å². The topological polar surface area (TPSA) is 66.3 Å². The van der Waals surface area contributed by atoms with E-state index in [1.54, 1.807) is 12.4 Å². The summed E-state index contributed by atoms with van der Waals surface area (Å²) in [5, 5.41) is 8.60. The molecule has 2 aromatic rings. The molecule has 0 spiro atoms. The van der Waals surface area contributed by atoms with E-state index in [1.807, 2.05) is 43.0 Å². The Morgan fingerprint density at radius 2 is 1.95 bits per heavy atom. The van der Waals surface area contributed by atoms with Crippen LogP contribution in [0.3, 0.4) is 0 Å². The summed E-state index contributed by atoms with van der Waals surface area (Å²) in [6.07, 6.45) is 5.76. The molecule has 0 aliphatic rings. The zero-order chi connectivity index (χ0) is 15.2. The number of aryl methyl sites for hydroxylation is 1. The fraction of sp³-hybridized carbons (Fsp3) is 0.188. The van der Waals surface area contributed by atoms with Crippen molar-refractivity contribution in [3.63, 3.8) is 0 Å². The van der Waals surface area contributed by atoms with Gasteiger partial charge in [-0.3, -0.25) is 0 Å². The third-order valence-electron chi connectivity index (χ3n) is 3.04. The van der Waals surface area contributed by atoms with Crippen molar-refractivity contribution in [2.75, 3.05) is 11.4 Å². The number of aliphatic carboxylic acids is 1. The van der Waals surface area contributed by atoms with Crippen LogP contribution < -0.4 is 4.90 Å². The van der Waals surface area contributed by atoms with Crippen molar-refractivity contribution in [2.24, 2.45) is 0 Å². The van der Waals surface area contributed by atoms with E-state index in [0.717, 1.165) is 23.9 Å². The van der Waals surface area contributed by atoms with Gasteiger partial charge in [-0.2, -0.15) is 0 Å². The molecule has 2 rings (SSSR count). The monoisotopic (exact) mass is 283 g/mol. The summed E-state index contributed by atoms with van der Waals surface area (Å²) in [7, 11) is 0. The first-order valence-electron chi connectivity index (χ1n) is 6.68. The molecule has 0 unspecified atom stereocenters. The highest BCUT2D eigenvalue weighted by molar-refractivity contribution is 5.85. The molecule has 0 saturated carbocycles. The van der Waals surface area contributed by atoms with Gasteiger partial charge in [-0.05, 0) is 31.6 Å². The fourth-order valence-electron chi connectivity index (χ4n) is 2.01. The number of hydrogen-bond donors (Lipinski definition) is 1. The molecule has 0 atom stereocenters. The Morgan fingerprint density at radius 3 is 2.52 bits per heavy atom. The van der Waals surface area contributed by atoms with E-state index in [2.05, 4.69) is 9.97 Å². The molecule has 0 amide bonds. The summed E-state index contributed by atoms with van der Waals surface area (Å²) < 4.78 is 0. The first-order valence-corrected chi connectivity index (χ1v) is 6.68. The maximum atomic E-state index is 10.5. The highest BCUT2D eigenvalue weighted by Gasteiger charge is 2.11. The van der Waals surface area contributed by atoms with Crippen LogP contribution in [0.2, 0.25) is 0 Å². The summed E-state index contributed by atoms with van der Waals surface area (Å²) >= 11 is 0. The number of rotatable bonds is 5. The van der Waals surface area contributed by atoms with E-state index in [4.69, 9.17) is 5.11 Å². The lowest BCUT2D eigenvalue weighted by Crippen LogP contribution is -2.19. The van der Waals surface area contributed by atoms with Crippen LogP contribution >= 0.6 is 0 Å². The molecule has 0 fully saturated rings. The normalized spacial score (nSPS) is 10.8. The molecular weight excluding hydrogens is 266 g/mol. The van der Waals surface area contributed by atoms with Gasteiger partial charge in [-0.15, -0.1) is 0 Å². The first kappa shape index (κ1) is 14.7. The van der Waals surface area contributed by atoms with Gasteiger partial charge in [0.15, 0.2) is 0 Å². The maximum Gasteiger partial charge on any atom is 0.328 e. The standard InChI is InChI=1S/C16H17N3O2/c1-3-19(14-7-5-4-6-12(14)2)16-17-10-13(11-18-16)8-9-15(20)21/h4-11H,3H2,1-2H3,(H,20,21)/b9-8+. The van der Waals surface area contributed by atoms with Crippen LogP contribution in [0.25, 0.3) is 6.08 Å². The lowest BCUT2D eigenvalue weighted by atomic mass is 10.2. The Bertz CT molecular complexity index is 651. The molecular formula is C16H17N3O2. The number of carbonyl (C=O) groups is 1. The number of nitrogens with zero attached hydrogens (tertiary/aromatic N) is 3. The SMILES string of the molecule is CCN(c1ncc(/C=C/C(=O)O)cn1)c1ccccc1C. The van der Waals surface area contributed by atoms with Gasteiger partial charge in [-0.25, -0.2) is 14.8 Å². The molecule has 1 aromatic heterocycles. The fourth-order valence-corrected chi connectivity index (χ4v) is 2.01. The van der Waals surface area contributed by atoms with E-state index >= 15 is 0 Å². The van der Waals surface area contributed by atoms with Gasteiger partial charge in [0.2, 0.25) is 5.95 Å². The van der Waals surface area contributed by atoms with E-state index in [0.29, 0.717) is 11.5 Å². The summed E-state index contributed by atoms with van der Waals surface area (Å²) in [5.74, 6) is -0.395. The number of aromatic nitrogens is 2. The lowest BCUT2D eigenvalue weighted by Gasteiger charge is -2.22. The van der Waals surface area contributed by atoms with Crippen LogP contribution in [0.5, 0.6) is 0 Å². The predicted octanol–water partition coefficient (Wildman–Crippen LogP) is 3.04. The molecule has 1 heterocycles. The lowest BCUT2D eigenvalue weighted by molar-refractivity contribution is -0.131. The first-order chi connectivity index (χ1) is 10.1. The number of hydrogen-bond acceptors (Lipinski definition) is 4. The largest absolute Gasteiger partial charge is 0.478 e. The molecule has 108 valence electrons. The van der Waals surface area contributed by atoms with E-state index in [9.17, 15) is 4.79 Å². The maximum absolute atomic E-state index is 10.5. The Labute approximate surface area is 123 Å². The highest BCUT2D eigenvalue weighted by Crippen LogP contribution is 2.24. The van der Waals surface area contributed by atoms with Crippen molar-refractivity contribution in [3.05, 3.63) is 53.9 Å². The molecule has 0 saturated heterocycles. The van der Waals surface area contributed by atoms with Gasteiger partial charge < -0.3 is 10.0 Å². The Kier molecular flexibility index (Phi) is 4.66. The van der Waals surface area contributed by atoms with Crippen LogP contribution in [0.4, 0.5) is 11.6 Å². The molecule has 0 aliphatic carbocycles. The molecule has 21 heavy (non-hydrogen) atoms.